The maximum atomic E-state index is 12.2. The van der Waals surface area contributed by atoms with Gasteiger partial charge in [-0.1, -0.05) is 16.8 Å². The maximum absolute atomic E-state index is 12.2. The second-order valence-corrected chi connectivity index (χ2v) is 8.63. The van der Waals surface area contributed by atoms with Crippen molar-refractivity contribution in [3.8, 4) is 0 Å². The molecule has 3 rings (SSSR count). The molecule has 25 heavy (non-hydrogen) atoms. The summed E-state index contributed by atoms with van der Waals surface area (Å²) in [7, 11) is -3.71. The highest BCUT2D eigenvalue weighted by Crippen LogP contribution is 2.27. The van der Waals surface area contributed by atoms with Crippen molar-refractivity contribution in [1.29, 1.82) is 0 Å². The van der Waals surface area contributed by atoms with Crippen molar-refractivity contribution in [3.63, 3.8) is 0 Å². The number of halogens is 1. The van der Waals surface area contributed by atoms with Crippen molar-refractivity contribution in [3.05, 3.63) is 58.3 Å². The van der Waals surface area contributed by atoms with Gasteiger partial charge in [-0.25, -0.2) is 8.42 Å². The highest BCUT2D eigenvalue weighted by atomic mass is 35.5. The van der Waals surface area contributed by atoms with E-state index in [0.717, 1.165) is 11.3 Å². The summed E-state index contributed by atoms with van der Waals surface area (Å²) < 4.78 is 32.1. The number of amides is 1. The molecule has 2 aromatic heterocycles. The van der Waals surface area contributed by atoms with Crippen molar-refractivity contribution in [2.75, 3.05) is 10.0 Å². The predicted octanol–water partition coefficient (Wildman–Crippen LogP) is 3.75. The summed E-state index contributed by atoms with van der Waals surface area (Å²) in [4.78, 5) is 12.2. The number of thiophene rings is 1. The third-order valence-corrected chi connectivity index (χ3v) is 6.32. The Morgan fingerprint density at radius 1 is 1.20 bits per heavy atom. The number of anilines is 2. The highest BCUT2D eigenvalue weighted by molar-refractivity contribution is 7.94. The van der Waals surface area contributed by atoms with E-state index in [2.05, 4.69) is 15.2 Å². The Labute approximate surface area is 152 Å². The third kappa shape index (κ3) is 4.01. The van der Waals surface area contributed by atoms with E-state index >= 15 is 0 Å². The first kappa shape index (κ1) is 17.5. The topological polar surface area (TPSA) is 101 Å². The molecule has 0 fully saturated rings. The minimum Gasteiger partial charge on any atom is -0.362 e. The molecule has 0 bridgehead atoms. The van der Waals surface area contributed by atoms with E-state index in [4.69, 9.17) is 16.1 Å². The van der Waals surface area contributed by atoms with Crippen LogP contribution < -0.4 is 10.0 Å². The van der Waals surface area contributed by atoms with Crippen molar-refractivity contribution < 1.29 is 17.7 Å². The fourth-order valence-corrected chi connectivity index (χ4v) is 4.49. The first-order chi connectivity index (χ1) is 11.8. The van der Waals surface area contributed by atoms with Crippen LogP contribution in [0, 0.1) is 6.92 Å². The van der Waals surface area contributed by atoms with Gasteiger partial charge < -0.3 is 9.84 Å². The molecule has 0 aliphatic carbocycles. The maximum Gasteiger partial charge on any atom is 0.271 e. The van der Waals surface area contributed by atoms with Gasteiger partial charge in [0.2, 0.25) is 0 Å². The number of hydrogen-bond donors (Lipinski definition) is 2. The Morgan fingerprint density at radius 3 is 2.48 bits per heavy atom. The smallest absolute Gasteiger partial charge is 0.271 e. The molecule has 3 aromatic rings. The number of carbonyl (C=O) groups excluding carboxylic acids is 1. The normalized spacial score (nSPS) is 11.3. The number of hydrogen-bond acceptors (Lipinski definition) is 6. The molecule has 10 heteroatoms. The summed E-state index contributed by atoms with van der Waals surface area (Å²) in [6, 6.07) is 8.97. The zero-order valence-corrected chi connectivity index (χ0v) is 15.2. The molecule has 2 heterocycles. The first-order valence-electron chi connectivity index (χ1n) is 6.96. The van der Waals surface area contributed by atoms with Crippen LogP contribution in [-0.2, 0) is 10.0 Å². The second-order valence-electron chi connectivity index (χ2n) is 5.01. The van der Waals surface area contributed by atoms with Gasteiger partial charge in [-0.05, 0) is 43.3 Å². The average Bonchev–Trinajstić information content (AvgIpc) is 3.17. The number of aryl methyl sites for hydroxylation is 1. The monoisotopic (exact) mass is 397 g/mol. The number of carbonyl (C=O) groups is 1. The van der Waals surface area contributed by atoms with Crippen LogP contribution in [0.15, 0.2) is 51.4 Å². The molecule has 0 unspecified atom stereocenters. The Bertz CT molecular complexity index is 1010. The van der Waals surface area contributed by atoms with Gasteiger partial charge in [0.15, 0.2) is 0 Å². The predicted molar refractivity (Wildman–Crippen MR) is 95.8 cm³/mol. The lowest BCUT2D eigenvalue weighted by Gasteiger charge is -2.07. The van der Waals surface area contributed by atoms with Gasteiger partial charge in [0, 0.05) is 11.3 Å². The number of nitrogens with zero attached hydrogens (tertiary/aromatic N) is 1. The van der Waals surface area contributed by atoms with Crippen LogP contribution in [0.1, 0.15) is 16.1 Å². The fourth-order valence-electron chi connectivity index (χ4n) is 1.94. The van der Waals surface area contributed by atoms with Crippen LogP contribution in [0.25, 0.3) is 0 Å². The highest BCUT2D eigenvalue weighted by Gasteiger charge is 2.17. The Kier molecular flexibility index (Phi) is 4.80. The van der Waals surface area contributed by atoms with E-state index in [1.54, 1.807) is 6.92 Å². The Morgan fingerprint density at radius 2 is 1.92 bits per heavy atom. The molecular formula is C15H12ClN3O4S2. The lowest BCUT2D eigenvalue weighted by atomic mass is 10.2. The number of benzene rings is 1. The SMILES string of the molecule is Cc1nocc1NC(=O)c1ccc(NS(=O)(=O)c2ccc(Cl)s2)cc1. The first-order valence-corrected chi connectivity index (χ1v) is 9.63. The zero-order chi connectivity index (χ0) is 18.0. The summed E-state index contributed by atoms with van der Waals surface area (Å²) >= 11 is 6.73. The van der Waals surface area contributed by atoms with Crippen LogP contribution in [0.2, 0.25) is 4.34 Å². The van der Waals surface area contributed by atoms with Gasteiger partial charge in [-0.3, -0.25) is 9.52 Å². The molecule has 2 N–H and O–H groups in total. The second kappa shape index (κ2) is 6.87. The average molecular weight is 398 g/mol. The number of sulfonamides is 1. The van der Waals surface area contributed by atoms with E-state index in [-0.39, 0.29) is 10.1 Å². The molecule has 130 valence electrons. The molecule has 1 aromatic carbocycles. The number of aromatic nitrogens is 1. The largest absolute Gasteiger partial charge is 0.362 e. The van der Waals surface area contributed by atoms with Gasteiger partial charge in [-0.15, -0.1) is 11.3 Å². The third-order valence-electron chi connectivity index (χ3n) is 3.21. The molecule has 0 aliphatic rings. The zero-order valence-electron chi connectivity index (χ0n) is 12.8. The van der Waals surface area contributed by atoms with Crippen LogP contribution >= 0.6 is 22.9 Å². The Hall–Kier alpha value is -2.36. The summed E-state index contributed by atoms with van der Waals surface area (Å²) in [5.41, 5.74) is 1.74. The summed E-state index contributed by atoms with van der Waals surface area (Å²) in [5, 5.41) is 6.33. The lowest BCUT2D eigenvalue weighted by molar-refractivity contribution is 0.102. The fraction of sp³-hybridized carbons (Fsp3) is 0.0667. The van der Waals surface area contributed by atoms with Gasteiger partial charge in [-0.2, -0.15) is 0 Å². The van der Waals surface area contributed by atoms with Crippen molar-refractivity contribution in [1.82, 2.24) is 5.16 Å². The number of nitrogens with one attached hydrogen (secondary N) is 2. The molecular weight excluding hydrogens is 386 g/mol. The summed E-state index contributed by atoms with van der Waals surface area (Å²) in [6.45, 7) is 1.70. The van der Waals surface area contributed by atoms with Gasteiger partial charge in [0.25, 0.3) is 15.9 Å². The molecule has 0 atom stereocenters. The van der Waals surface area contributed by atoms with Crippen molar-refractivity contribution in [2.45, 2.75) is 11.1 Å². The molecule has 0 saturated heterocycles. The molecule has 0 aliphatic heterocycles. The lowest BCUT2D eigenvalue weighted by Crippen LogP contribution is -2.13. The minimum absolute atomic E-state index is 0.113. The van der Waals surface area contributed by atoms with Crippen LogP contribution in [-0.4, -0.2) is 19.5 Å². The van der Waals surface area contributed by atoms with E-state index in [0.29, 0.717) is 27.0 Å². The van der Waals surface area contributed by atoms with Crippen LogP contribution in [0.4, 0.5) is 11.4 Å². The summed E-state index contributed by atoms with van der Waals surface area (Å²) in [5.74, 6) is -0.356. The minimum atomic E-state index is -3.71. The van der Waals surface area contributed by atoms with Crippen LogP contribution in [0.3, 0.4) is 0 Å². The standard InChI is InChI=1S/C15H12ClN3O4S2/c1-9-12(8-23-18-9)17-15(20)10-2-4-11(5-3-10)19-25(21,22)14-7-6-13(16)24-14/h2-8,19H,1H3,(H,17,20). The van der Waals surface area contributed by atoms with Gasteiger partial charge in [0.1, 0.15) is 21.9 Å². The van der Waals surface area contributed by atoms with E-state index in [1.165, 1.54) is 42.7 Å². The van der Waals surface area contributed by atoms with Crippen molar-refractivity contribution in [2.24, 2.45) is 0 Å². The van der Waals surface area contributed by atoms with Crippen molar-refractivity contribution >= 4 is 50.2 Å². The van der Waals surface area contributed by atoms with Gasteiger partial charge >= 0.3 is 0 Å². The molecule has 7 nitrogen and oxygen atoms in total. The molecule has 1 amide bonds. The van der Waals surface area contributed by atoms with Crippen LogP contribution in [0.5, 0.6) is 0 Å². The molecule has 0 spiro atoms. The molecule has 0 saturated carbocycles. The summed E-state index contributed by atoms with van der Waals surface area (Å²) in [6.07, 6.45) is 1.34. The van der Waals surface area contributed by atoms with E-state index in [9.17, 15) is 13.2 Å². The number of rotatable bonds is 5. The van der Waals surface area contributed by atoms with E-state index in [1.807, 2.05) is 0 Å². The Balaban J connectivity index is 1.72. The van der Waals surface area contributed by atoms with E-state index < -0.39 is 10.0 Å². The van der Waals surface area contributed by atoms with Gasteiger partial charge in [0.05, 0.1) is 4.34 Å². The quantitative estimate of drug-likeness (QED) is 0.682. The molecule has 0 radical (unpaired) electrons.